The van der Waals surface area contributed by atoms with Crippen LogP contribution < -0.4 is 5.32 Å². The first-order valence-corrected chi connectivity index (χ1v) is 22.6. The molecular formula is C47H75NO11. The van der Waals surface area contributed by atoms with Gasteiger partial charge in [-0.05, 0) is 95.6 Å². The van der Waals surface area contributed by atoms with Crippen LogP contribution in [0.1, 0.15) is 140 Å². The Labute approximate surface area is 353 Å². The predicted octanol–water partition coefficient (Wildman–Crippen LogP) is 6.42. The molecule has 0 aliphatic carbocycles. The molecule has 3 N–H and O–H groups in total. The van der Waals surface area contributed by atoms with E-state index in [2.05, 4.69) is 32.0 Å². The minimum Gasteiger partial charge on any atom is -0.453 e. The number of aliphatic hydroxyl groups excluding tert-OH is 1. The van der Waals surface area contributed by atoms with Crippen LogP contribution in [0.3, 0.4) is 0 Å². The zero-order chi connectivity index (χ0) is 43.7. The maximum absolute atomic E-state index is 14.6. The zero-order valence-corrected chi connectivity index (χ0v) is 37.7. The number of esters is 1. The van der Waals surface area contributed by atoms with Gasteiger partial charge < -0.3 is 44.0 Å². The average Bonchev–Trinajstić information content (AvgIpc) is 3.54. The van der Waals surface area contributed by atoms with E-state index in [0.29, 0.717) is 51.4 Å². The van der Waals surface area contributed by atoms with Crippen molar-refractivity contribution in [2.75, 3.05) is 6.54 Å². The molecule has 5 rings (SSSR count). The number of amides is 1. The minimum absolute atomic E-state index is 0.0105. The maximum atomic E-state index is 14.6. The molecular weight excluding hydrogens is 755 g/mol. The molecule has 4 saturated heterocycles. The van der Waals surface area contributed by atoms with E-state index in [1.165, 1.54) is 6.92 Å². The van der Waals surface area contributed by atoms with Crippen LogP contribution in [-0.2, 0) is 42.8 Å². The SMILES string of the molecule is C#CCNC(=O)[C@H](CC)[C@H]1CC[C@H](C)[C@H]([C@@H](C)[C@H](O)[C@H](C)C(=O)[C@H](CC)[C@H]2O[C@]3(C=C[C@@H](OC(C)=O)[C@]4(CC[C@@](C)([C@H]5CC[C@](O)(CC)[C@H](C)O5)O4)O3)[C@H](C)C[C@@H]2C)O1. The molecule has 12 heteroatoms. The third-order valence-corrected chi connectivity index (χ3v) is 15.1. The molecule has 18 atom stereocenters. The third kappa shape index (κ3) is 9.52. The highest BCUT2D eigenvalue weighted by molar-refractivity contribution is 5.84. The number of aliphatic hydroxyl groups is 2. The van der Waals surface area contributed by atoms with E-state index in [1.807, 2.05) is 53.7 Å². The van der Waals surface area contributed by atoms with Gasteiger partial charge in [-0.2, -0.15) is 0 Å². The summed E-state index contributed by atoms with van der Waals surface area (Å²) in [6.07, 6.45) is 11.4. The number of Topliss-reactive ketones (excluding diaryl/α,β-unsaturated/α-hetero) is 1. The largest absolute Gasteiger partial charge is 0.453 e. The zero-order valence-electron chi connectivity index (χ0n) is 37.7. The van der Waals surface area contributed by atoms with E-state index in [-0.39, 0.29) is 72.2 Å². The maximum Gasteiger partial charge on any atom is 0.303 e. The topological polar surface area (TPSA) is 159 Å². The molecule has 5 heterocycles. The molecule has 0 saturated carbocycles. The molecule has 4 fully saturated rings. The van der Waals surface area contributed by atoms with Crippen LogP contribution in [0.25, 0.3) is 0 Å². The summed E-state index contributed by atoms with van der Waals surface area (Å²) >= 11 is 0. The lowest BCUT2D eigenvalue weighted by atomic mass is 9.72. The lowest BCUT2D eigenvalue weighted by Crippen LogP contribution is -2.63. The fraction of sp³-hybridized carbons (Fsp3) is 0.851. The van der Waals surface area contributed by atoms with Crippen molar-refractivity contribution in [1.82, 2.24) is 5.32 Å². The smallest absolute Gasteiger partial charge is 0.303 e. The van der Waals surface area contributed by atoms with Gasteiger partial charge >= 0.3 is 5.97 Å². The molecule has 0 aromatic rings. The summed E-state index contributed by atoms with van der Waals surface area (Å²) < 4.78 is 40.1. The van der Waals surface area contributed by atoms with Crippen molar-refractivity contribution in [3.05, 3.63) is 12.2 Å². The second kappa shape index (κ2) is 18.9. The Kier molecular flexibility index (Phi) is 15.3. The van der Waals surface area contributed by atoms with E-state index < -0.39 is 58.9 Å². The van der Waals surface area contributed by atoms with E-state index in [9.17, 15) is 24.6 Å². The van der Waals surface area contributed by atoms with Gasteiger partial charge in [0.15, 0.2) is 11.9 Å². The van der Waals surface area contributed by atoms with Crippen LogP contribution in [0.5, 0.6) is 0 Å². The van der Waals surface area contributed by atoms with Gasteiger partial charge in [0.2, 0.25) is 11.7 Å². The number of ketones is 1. The first-order chi connectivity index (χ1) is 27.7. The molecule has 0 aromatic heterocycles. The number of hydrogen-bond donors (Lipinski definition) is 3. The Bertz CT molecular complexity index is 1560. The van der Waals surface area contributed by atoms with E-state index in [1.54, 1.807) is 6.92 Å². The predicted molar refractivity (Wildman–Crippen MR) is 222 cm³/mol. The fourth-order valence-corrected chi connectivity index (χ4v) is 11.1. The highest BCUT2D eigenvalue weighted by atomic mass is 16.8. The first-order valence-electron chi connectivity index (χ1n) is 22.6. The highest BCUT2D eigenvalue weighted by Gasteiger charge is 2.64. The third-order valence-electron chi connectivity index (χ3n) is 15.1. The normalized spacial score (nSPS) is 42.3. The van der Waals surface area contributed by atoms with Crippen molar-refractivity contribution in [3.8, 4) is 12.3 Å². The van der Waals surface area contributed by atoms with Crippen molar-refractivity contribution in [2.45, 2.75) is 206 Å². The Morgan fingerprint density at radius 1 is 0.949 bits per heavy atom. The number of hydrogen-bond acceptors (Lipinski definition) is 11. The molecule has 2 spiro atoms. The van der Waals surface area contributed by atoms with Crippen molar-refractivity contribution in [2.24, 2.45) is 41.4 Å². The van der Waals surface area contributed by atoms with Gasteiger partial charge in [-0.25, -0.2) is 0 Å². The molecule has 1 amide bonds. The summed E-state index contributed by atoms with van der Waals surface area (Å²) in [7, 11) is 0. The summed E-state index contributed by atoms with van der Waals surface area (Å²) in [5, 5.41) is 25.8. The quantitative estimate of drug-likeness (QED) is 0.101. The number of carbonyl (C=O) groups excluding carboxylic acids is 3. The number of rotatable bonds is 14. The van der Waals surface area contributed by atoms with Gasteiger partial charge in [-0.1, -0.05) is 61.3 Å². The number of terminal acetylenes is 1. The molecule has 59 heavy (non-hydrogen) atoms. The summed E-state index contributed by atoms with van der Waals surface area (Å²) in [4.78, 5) is 40.1. The van der Waals surface area contributed by atoms with Crippen molar-refractivity contribution in [1.29, 1.82) is 0 Å². The molecule has 0 unspecified atom stereocenters. The molecule has 0 radical (unpaired) electrons. The lowest BCUT2D eigenvalue weighted by molar-refractivity contribution is -0.409. The van der Waals surface area contributed by atoms with Gasteiger partial charge in [-0.3, -0.25) is 14.4 Å². The first kappa shape index (κ1) is 47.7. The lowest BCUT2D eigenvalue weighted by Gasteiger charge is -2.54. The molecule has 5 aliphatic heterocycles. The van der Waals surface area contributed by atoms with Gasteiger partial charge in [0, 0.05) is 37.0 Å². The standard InChI is InChI=1S/C47H75NO11/c1-13-25-48-43(52)34(14-2)36-18-17-27(5)41(56-36)31(9)39(50)30(8)40(51)35(15-3)42-28(6)26-29(7)46(57-42)22-20-38(55-33(11)49)47(59-46)24-23-44(12,58-47)37-19-21-45(53,16-4)32(10)54-37/h1,20,22,27-32,34-39,41-42,50,53H,14-19,21,23-26H2,2-12H3,(H,48,52)/t27-,28-,29+,30-,31-,32-,34+,35-,36+,37+,38+,39+,41+,42-,44-,45+,46-,47-/m0/s1. The Morgan fingerprint density at radius 3 is 2.25 bits per heavy atom. The Hall–Kier alpha value is -2.37. The second-order valence-corrected chi connectivity index (χ2v) is 19.1. The fourth-order valence-electron chi connectivity index (χ4n) is 11.1. The average molecular weight is 830 g/mol. The number of ether oxygens (including phenoxy) is 6. The summed E-state index contributed by atoms with van der Waals surface area (Å²) in [6, 6.07) is 0. The molecule has 5 aliphatic rings. The second-order valence-electron chi connectivity index (χ2n) is 19.1. The number of nitrogens with one attached hydrogen (secondary N) is 1. The van der Waals surface area contributed by atoms with Gasteiger partial charge in [0.05, 0.1) is 60.3 Å². The van der Waals surface area contributed by atoms with Crippen molar-refractivity contribution in [3.63, 3.8) is 0 Å². The van der Waals surface area contributed by atoms with Crippen molar-refractivity contribution >= 4 is 17.7 Å². The minimum atomic E-state index is -1.38. The van der Waals surface area contributed by atoms with Crippen LogP contribution in [0.2, 0.25) is 0 Å². The van der Waals surface area contributed by atoms with Gasteiger partial charge in [0.25, 0.3) is 0 Å². The number of carbonyl (C=O) groups is 3. The molecule has 0 aromatic carbocycles. The van der Waals surface area contributed by atoms with Crippen LogP contribution in [0.4, 0.5) is 0 Å². The molecule has 12 nitrogen and oxygen atoms in total. The summed E-state index contributed by atoms with van der Waals surface area (Å²) in [5.74, 6) is -2.91. The van der Waals surface area contributed by atoms with Crippen molar-refractivity contribution < 1.29 is 53.0 Å². The van der Waals surface area contributed by atoms with Gasteiger partial charge in [0.1, 0.15) is 5.78 Å². The van der Waals surface area contributed by atoms with E-state index >= 15 is 0 Å². The highest BCUT2D eigenvalue weighted by Crippen LogP contribution is 2.54. The molecule has 0 bridgehead atoms. The van der Waals surface area contributed by atoms with Crippen LogP contribution in [-0.4, -0.2) is 99.9 Å². The monoisotopic (exact) mass is 830 g/mol. The summed E-state index contributed by atoms with van der Waals surface area (Å²) in [5.41, 5.74) is -1.70. The Morgan fingerprint density at radius 2 is 1.64 bits per heavy atom. The van der Waals surface area contributed by atoms with Gasteiger partial charge in [-0.15, -0.1) is 6.42 Å². The van der Waals surface area contributed by atoms with Crippen LogP contribution >= 0.6 is 0 Å². The van der Waals surface area contributed by atoms with E-state index in [4.69, 9.17) is 34.8 Å². The van der Waals surface area contributed by atoms with Crippen LogP contribution in [0, 0.1) is 53.8 Å². The van der Waals surface area contributed by atoms with Crippen LogP contribution in [0.15, 0.2) is 12.2 Å². The summed E-state index contributed by atoms with van der Waals surface area (Å²) in [6.45, 7) is 21.3. The van der Waals surface area contributed by atoms with E-state index in [0.717, 1.165) is 12.8 Å². The Balaban J connectivity index is 1.34. The molecule has 334 valence electrons.